The number of halogens is 4. The number of carbonyl (C=O) groups excluding carboxylic acids is 1. The van der Waals surface area contributed by atoms with Gasteiger partial charge in [-0.2, -0.15) is 4.98 Å². The maximum atomic E-state index is 12.6. The molecule has 0 atom stereocenters. The Hall–Kier alpha value is -4.31. The summed E-state index contributed by atoms with van der Waals surface area (Å²) in [7, 11) is 0. The van der Waals surface area contributed by atoms with Crippen LogP contribution < -0.4 is 10.1 Å². The highest BCUT2D eigenvalue weighted by atomic mass is 35.5. The molecular formula is C26H18ClF3N4O3. The molecule has 188 valence electrons. The molecule has 2 heterocycles. The zero-order valence-corrected chi connectivity index (χ0v) is 19.8. The van der Waals surface area contributed by atoms with Gasteiger partial charge in [-0.15, -0.1) is 13.2 Å². The van der Waals surface area contributed by atoms with Crippen molar-refractivity contribution in [3.05, 3.63) is 89.9 Å². The van der Waals surface area contributed by atoms with Crippen LogP contribution in [0.4, 0.5) is 18.9 Å². The average molecular weight is 527 g/mol. The zero-order chi connectivity index (χ0) is 26.0. The van der Waals surface area contributed by atoms with Gasteiger partial charge in [0.1, 0.15) is 23.5 Å². The lowest BCUT2D eigenvalue weighted by Crippen LogP contribution is -2.17. The highest BCUT2D eigenvalue weighted by Crippen LogP contribution is 2.30. The number of ether oxygens (including phenoxy) is 1. The molecule has 7 nitrogen and oxygen atoms in total. The second-order valence-corrected chi connectivity index (χ2v) is 8.44. The Kier molecular flexibility index (Phi) is 6.58. The molecule has 37 heavy (non-hydrogen) atoms. The number of anilines is 1. The van der Waals surface area contributed by atoms with Crippen LogP contribution in [-0.2, 0) is 11.2 Å². The Bertz CT molecular complexity index is 1540. The lowest BCUT2D eigenvalue weighted by molar-refractivity contribution is -0.274. The summed E-state index contributed by atoms with van der Waals surface area (Å²) in [6.45, 7) is 0. The fourth-order valence-corrected chi connectivity index (χ4v) is 3.87. The first-order valence-electron chi connectivity index (χ1n) is 11.1. The van der Waals surface area contributed by atoms with Gasteiger partial charge < -0.3 is 14.5 Å². The third-order valence-electron chi connectivity index (χ3n) is 5.41. The smallest absolute Gasteiger partial charge is 0.427 e. The quantitative estimate of drug-likeness (QED) is 0.252. The number of hydrogen-bond donors (Lipinski definition) is 1. The van der Waals surface area contributed by atoms with Gasteiger partial charge >= 0.3 is 12.4 Å². The largest absolute Gasteiger partial charge is 0.573 e. The van der Waals surface area contributed by atoms with Gasteiger partial charge in [-0.05, 0) is 48.5 Å². The minimum absolute atomic E-state index is 0.0424. The van der Waals surface area contributed by atoms with Gasteiger partial charge in [0, 0.05) is 29.1 Å². The third kappa shape index (κ3) is 5.75. The summed E-state index contributed by atoms with van der Waals surface area (Å²) in [5, 5.41) is 3.23. The van der Waals surface area contributed by atoms with Crippen LogP contribution >= 0.6 is 11.6 Å². The summed E-state index contributed by atoms with van der Waals surface area (Å²) in [5.74, 6) is -0.240. The molecule has 0 bridgehead atoms. The SMILES string of the molecule is O=C(CCc1oc(-n2cnc3ccccc32)nc1-c1ccc(Cl)cc1)Nc1ccc(OC(F)(F)F)cc1. The van der Waals surface area contributed by atoms with Crippen LogP contribution in [0.5, 0.6) is 5.75 Å². The van der Waals surface area contributed by atoms with E-state index in [4.69, 9.17) is 16.0 Å². The summed E-state index contributed by atoms with van der Waals surface area (Å²) in [6, 6.07) is 19.8. The Morgan fingerprint density at radius 2 is 1.76 bits per heavy atom. The maximum Gasteiger partial charge on any atom is 0.573 e. The van der Waals surface area contributed by atoms with Crippen LogP contribution in [0.1, 0.15) is 12.2 Å². The molecule has 0 radical (unpaired) electrons. The molecule has 0 aliphatic carbocycles. The van der Waals surface area contributed by atoms with Crippen molar-refractivity contribution in [1.29, 1.82) is 0 Å². The number of nitrogens with one attached hydrogen (secondary N) is 1. The van der Waals surface area contributed by atoms with E-state index in [0.29, 0.717) is 28.2 Å². The number of benzene rings is 3. The first-order valence-corrected chi connectivity index (χ1v) is 11.5. The number of nitrogens with zero attached hydrogens (tertiary/aromatic N) is 3. The molecule has 0 aliphatic rings. The van der Waals surface area contributed by atoms with Gasteiger partial charge in [0.2, 0.25) is 5.91 Å². The van der Waals surface area contributed by atoms with Crippen LogP contribution in [0.25, 0.3) is 28.3 Å². The van der Waals surface area contributed by atoms with Gasteiger partial charge in [0.05, 0.1) is 11.0 Å². The lowest BCUT2D eigenvalue weighted by Gasteiger charge is -2.10. The van der Waals surface area contributed by atoms with Gasteiger partial charge in [-0.25, -0.2) is 4.98 Å². The minimum atomic E-state index is -4.79. The number of amides is 1. The van der Waals surface area contributed by atoms with E-state index in [-0.39, 0.29) is 24.5 Å². The van der Waals surface area contributed by atoms with E-state index in [2.05, 4.69) is 20.0 Å². The van der Waals surface area contributed by atoms with Gasteiger partial charge in [0.15, 0.2) is 0 Å². The van der Waals surface area contributed by atoms with E-state index >= 15 is 0 Å². The van der Waals surface area contributed by atoms with Gasteiger partial charge in [0.25, 0.3) is 0 Å². The first kappa shape index (κ1) is 24.4. The molecule has 1 N–H and O–H groups in total. The van der Waals surface area contributed by atoms with E-state index in [0.717, 1.165) is 28.7 Å². The molecule has 0 fully saturated rings. The molecule has 3 aromatic carbocycles. The number of imidazole rings is 1. The second-order valence-electron chi connectivity index (χ2n) is 8.00. The summed E-state index contributed by atoms with van der Waals surface area (Å²) < 4.78 is 48.7. The maximum absolute atomic E-state index is 12.6. The molecule has 5 aromatic rings. The van der Waals surface area contributed by atoms with E-state index in [1.165, 1.54) is 12.1 Å². The van der Waals surface area contributed by atoms with Crippen molar-refractivity contribution >= 4 is 34.2 Å². The average Bonchev–Trinajstić information content (AvgIpc) is 3.48. The van der Waals surface area contributed by atoms with Crippen LogP contribution in [0.3, 0.4) is 0 Å². The highest BCUT2D eigenvalue weighted by Gasteiger charge is 2.31. The highest BCUT2D eigenvalue weighted by molar-refractivity contribution is 6.30. The van der Waals surface area contributed by atoms with Crippen molar-refractivity contribution in [2.24, 2.45) is 0 Å². The Balaban J connectivity index is 1.35. The second kappa shape index (κ2) is 9.98. The van der Waals surface area contributed by atoms with Gasteiger partial charge in [-0.3, -0.25) is 9.36 Å². The van der Waals surface area contributed by atoms with E-state index in [1.54, 1.807) is 23.0 Å². The first-order chi connectivity index (χ1) is 17.7. The summed E-state index contributed by atoms with van der Waals surface area (Å²) in [5.41, 5.74) is 3.25. The summed E-state index contributed by atoms with van der Waals surface area (Å²) >= 11 is 6.04. The van der Waals surface area contributed by atoms with Crippen LogP contribution in [0, 0.1) is 0 Å². The molecule has 0 spiro atoms. The summed E-state index contributed by atoms with van der Waals surface area (Å²) in [4.78, 5) is 21.6. The number of aryl methyl sites for hydroxylation is 1. The van der Waals surface area contributed by atoms with Crippen LogP contribution in [0.15, 0.2) is 83.5 Å². The lowest BCUT2D eigenvalue weighted by atomic mass is 10.1. The molecule has 11 heteroatoms. The topological polar surface area (TPSA) is 82.2 Å². The molecule has 0 saturated carbocycles. The zero-order valence-electron chi connectivity index (χ0n) is 19.0. The van der Waals surface area contributed by atoms with Crippen LogP contribution in [0.2, 0.25) is 5.02 Å². The number of carbonyl (C=O) groups is 1. The normalized spacial score (nSPS) is 11.6. The molecule has 1 amide bonds. The fraction of sp³-hybridized carbons (Fsp3) is 0.115. The fourth-order valence-electron chi connectivity index (χ4n) is 3.75. The van der Waals surface area contributed by atoms with E-state index in [1.807, 2.05) is 36.4 Å². The molecular weight excluding hydrogens is 509 g/mol. The van der Waals surface area contributed by atoms with Gasteiger partial charge in [-0.1, -0.05) is 35.9 Å². The number of hydrogen-bond acceptors (Lipinski definition) is 5. The summed E-state index contributed by atoms with van der Waals surface area (Å²) in [6.07, 6.45) is -2.91. The Morgan fingerprint density at radius 3 is 2.49 bits per heavy atom. The van der Waals surface area contributed by atoms with Crippen molar-refractivity contribution in [1.82, 2.24) is 14.5 Å². The minimum Gasteiger partial charge on any atom is -0.427 e. The number of alkyl halides is 3. The third-order valence-corrected chi connectivity index (χ3v) is 5.67. The van der Waals surface area contributed by atoms with Crippen molar-refractivity contribution in [2.45, 2.75) is 19.2 Å². The van der Waals surface area contributed by atoms with Crippen molar-refractivity contribution < 1.29 is 27.1 Å². The number of oxazole rings is 1. The Labute approximate surface area is 213 Å². The number of para-hydroxylation sites is 2. The number of fused-ring (bicyclic) bond motifs is 1. The van der Waals surface area contributed by atoms with Crippen LogP contribution in [-0.4, -0.2) is 26.8 Å². The molecule has 2 aromatic heterocycles. The molecule has 0 saturated heterocycles. The standard InChI is InChI=1S/C26H18ClF3N4O3/c27-17-7-5-16(6-8-17)24-22(36-25(33-24)34-15-31-20-3-1-2-4-21(20)34)13-14-23(35)32-18-9-11-19(12-10-18)37-26(28,29)30/h1-12,15H,13-14H2,(H,32,35). The van der Waals surface area contributed by atoms with E-state index < -0.39 is 6.36 Å². The van der Waals surface area contributed by atoms with E-state index in [9.17, 15) is 18.0 Å². The molecule has 0 unspecified atom stereocenters. The predicted molar refractivity (Wildman–Crippen MR) is 132 cm³/mol. The van der Waals surface area contributed by atoms with Crippen molar-refractivity contribution in [3.63, 3.8) is 0 Å². The molecule has 0 aliphatic heterocycles. The van der Waals surface area contributed by atoms with Crippen molar-refractivity contribution in [2.75, 3.05) is 5.32 Å². The molecule has 5 rings (SSSR count). The monoisotopic (exact) mass is 526 g/mol. The Morgan fingerprint density at radius 1 is 1.03 bits per heavy atom. The predicted octanol–water partition coefficient (Wildman–Crippen LogP) is 6.80. The number of rotatable bonds is 7. The van der Waals surface area contributed by atoms with Crippen molar-refractivity contribution in [3.8, 4) is 23.0 Å². The number of aromatic nitrogens is 3.